The zero-order chi connectivity index (χ0) is 7.72. The summed E-state index contributed by atoms with van der Waals surface area (Å²) in [6.45, 7) is 3.66. The molecule has 1 heterocycles. The van der Waals surface area contributed by atoms with Crippen LogP contribution in [0.1, 0.15) is 24.3 Å². The standard InChI is InChI=1S/C7H12N2O/c1-5-4-9(3)8-7(5)6(2)10/h4,6,10H,1-3H3/t6-/m0/s1. The van der Waals surface area contributed by atoms with Crippen LogP contribution in [0.5, 0.6) is 0 Å². The van der Waals surface area contributed by atoms with Gasteiger partial charge in [-0.3, -0.25) is 4.68 Å². The Kier molecular flexibility index (Phi) is 1.76. The third-order valence-electron chi connectivity index (χ3n) is 1.45. The van der Waals surface area contributed by atoms with Gasteiger partial charge in [0.15, 0.2) is 0 Å². The van der Waals surface area contributed by atoms with E-state index < -0.39 is 6.10 Å². The van der Waals surface area contributed by atoms with Crippen molar-refractivity contribution < 1.29 is 5.11 Å². The topological polar surface area (TPSA) is 38.0 Å². The van der Waals surface area contributed by atoms with E-state index >= 15 is 0 Å². The molecule has 0 bridgehead atoms. The lowest BCUT2D eigenvalue weighted by Crippen LogP contribution is -1.95. The van der Waals surface area contributed by atoms with Crippen molar-refractivity contribution in [3.8, 4) is 0 Å². The van der Waals surface area contributed by atoms with E-state index in [1.54, 1.807) is 11.6 Å². The van der Waals surface area contributed by atoms with E-state index in [1.165, 1.54) is 0 Å². The number of aliphatic hydroxyl groups is 1. The quantitative estimate of drug-likeness (QED) is 0.626. The highest BCUT2D eigenvalue weighted by Gasteiger charge is 2.07. The molecular weight excluding hydrogens is 128 g/mol. The van der Waals surface area contributed by atoms with Crippen molar-refractivity contribution in [1.82, 2.24) is 9.78 Å². The number of aromatic nitrogens is 2. The molecule has 0 unspecified atom stereocenters. The maximum absolute atomic E-state index is 9.14. The molecule has 0 saturated carbocycles. The highest BCUT2D eigenvalue weighted by atomic mass is 16.3. The Hall–Kier alpha value is -0.830. The van der Waals surface area contributed by atoms with Gasteiger partial charge >= 0.3 is 0 Å². The van der Waals surface area contributed by atoms with Crippen LogP contribution in [0, 0.1) is 6.92 Å². The lowest BCUT2D eigenvalue weighted by atomic mass is 10.2. The van der Waals surface area contributed by atoms with Crippen molar-refractivity contribution in [3.63, 3.8) is 0 Å². The summed E-state index contributed by atoms with van der Waals surface area (Å²) in [5.74, 6) is 0. The number of aryl methyl sites for hydroxylation is 2. The number of hydrogen-bond acceptors (Lipinski definition) is 2. The first-order valence-corrected chi connectivity index (χ1v) is 3.29. The van der Waals surface area contributed by atoms with Crippen LogP contribution < -0.4 is 0 Å². The SMILES string of the molecule is Cc1cn(C)nc1[C@H](C)O. The van der Waals surface area contributed by atoms with Gasteiger partial charge < -0.3 is 5.11 Å². The van der Waals surface area contributed by atoms with Crippen molar-refractivity contribution in [2.24, 2.45) is 7.05 Å². The average Bonchev–Trinajstić information content (AvgIpc) is 2.10. The van der Waals surface area contributed by atoms with E-state index in [-0.39, 0.29) is 0 Å². The summed E-state index contributed by atoms with van der Waals surface area (Å²) >= 11 is 0. The molecule has 0 saturated heterocycles. The number of nitrogens with zero attached hydrogens (tertiary/aromatic N) is 2. The van der Waals surface area contributed by atoms with Gasteiger partial charge in [0.1, 0.15) is 0 Å². The lowest BCUT2D eigenvalue weighted by Gasteiger charge is -1.98. The molecule has 1 aromatic rings. The normalized spacial score (nSPS) is 13.6. The maximum atomic E-state index is 9.14. The third-order valence-corrected chi connectivity index (χ3v) is 1.45. The zero-order valence-electron chi connectivity index (χ0n) is 6.50. The minimum Gasteiger partial charge on any atom is -0.387 e. The third kappa shape index (κ3) is 1.19. The van der Waals surface area contributed by atoms with Crippen LogP contribution in [0.3, 0.4) is 0 Å². The zero-order valence-corrected chi connectivity index (χ0v) is 6.50. The van der Waals surface area contributed by atoms with Gasteiger partial charge in [-0.1, -0.05) is 0 Å². The van der Waals surface area contributed by atoms with Crippen molar-refractivity contribution >= 4 is 0 Å². The van der Waals surface area contributed by atoms with Gasteiger partial charge in [-0.25, -0.2) is 0 Å². The van der Waals surface area contributed by atoms with Crippen LogP contribution in [0.25, 0.3) is 0 Å². The molecule has 56 valence electrons. The molecular formula is C7H12N2O. The molecule has 0 aromatic carbocycles. The molecule has 0 amide bonds. The summed E-state index contributed by atoms with van der Waals surface area (Å²) in [4.78, 5) is 0. The number of rotatable bonds is 1. The van der Waals surface area contributed by atoms with Crippen LogP contribution in [-0.4, -0.2) is 14.9 Å². The maximum Gasteiger partial charge on any atom is 0.0953 e. The number of aliphatic hydroxyl groups excluding tert-OH is 1. The molecule has 0 fully saturated rings. The van der Waals surface area contributed by atoms with E-state index in [2.05, 4.69) is 5.10 Å². The molecule has 3 nitrogen and oxygen atoms in total. The van der Waals surface area contributed by atoms with Crippen molar-refractivity contribution in [3.05, 3.63) is 17.5 Å². The van der Waals surface area contributed by atoms with Crippen LogP contribution in [0.15, 0.2) is 6.20 Å². The van der Waals surface area contributed by atoms with Gasteiger partial charge in [-0.05, 0) is 19.4 Å². The Bertz CT molecular complexity index is 228. The molecule has 0 spiro atoms. The van der Waals surface area contributed by atoms with E-state index in [4.69, 9.17) is 5.11 Å². The molecule has 0 radical (unpaired) electrons. The van der Waals surface area contributed by atoms with Gasteiger partial charge in [0.25, 0.3) is 0 Å². The predicted molar refractivity (Wildman–Crippen MR) is 38.6 cm³/mol. The summed E-state index contributed by atoms with van der Waals surface area (Å²) in [6, 6.07) is 0. The van der Waals surface area contributed by atoms with Gasteiger partial charge in [0, 0.05) is 13.2 Å². The van der Waals surface area contributed by atoms with Gasteiger partial charge in [-0.15, -0.1) is 0 Å². The Morgan fingerprint density at radius 3 is 2.50 bits per heavy atom. The Morgan fingerprint density at radius 1 is 1.70 bits per heavy atom. The highest BCUT2D eigenvalue weighted by Crippen LogP contribution is 2.12. The second-order valence-corrected chi connectivity index (χ2v) is 2.55. The smallest absolute Gasteiger partial charge is 0.0953 e. The van der Waals surface area contributed by atoms with Crippen LogP contribution in [0.2, 0.25) is 0 Å². The first-order chi connectivity index (χ1) is 4.61. The van der Waals surface area contributed by atoms with Crippen LogP contribution >= 0.6 is 0 Å². The van der Waals surface area contributed by atoms with Crippen LogP contribution in [-0.2, 0) is 7.05 Å². The summed E-state index contributed by atoms with van der Waals surface area (Å²) in [5.41, 5.74) is 1.81. The fourth-order valence-corrected chi connectivity index (χ4v) is 1.04. The predicted octanol–water partition coefficient (Wildman–Crippen LogP) is 0.782. The monoisotopic (exact) mass is 140 g/mol. The largest absolute Gasteiger partial charge is 0.387 e. The van der Waals surface area contributed by atoms with E-state index in [1.807, 2.05) is 20.2 Å². The minimum atomic E-state index is -0.457. The molecule has 0 aliphatic heterocycles. The van der Waals surface area contributed by atoms with Crippen molar-refractivity contribution in [1.29, 1.82) is 0 Å². The first kappa shape index (κ1) is 7.28. The molecule has 1 rings (SSSR count). The Balaban J connectivity index is 3.03. The summed E-state index contributed by atoms with van der Waals surface area (Å²) in [7, 11) is 1.85. The van der Waals surface area contributed by atoms with E-state index in [9.17, 15) is 0 Å². The summed E-state index contributed by atoms with van der Waals surface area (Å²) in [5, 5.41) is 13.2. The molecule has 1 N–H and O–H groups in total. The Morgan fingerprint density at radius 2 is 2.30 bits per heavy atom. The van der Waals surface area contributed by atoms with E-state index in [0.29, 0.717) is 0 Å². The second-order valence-electron chi connectivity index (χ2n) is 2.55. The molecule has 10 heavy (non-hydrogen) atoms. The van der Waals surface area contributed by atoms with Gasteiger partial charge in [-0.2, -0.15) is 5.10 Å². The van der Waals surface area contributed by atoms with Gasteiger partial charge in [0.2, 0.25) is 0 Å². The summed E-state index contributed by atoms with van der Waals surface area (Å²) < 4.78 is 1.71. The molecule has 1 aromatic heterocycles. The van der Waals surface area contributed by atoms with Gasteiger partial charge in [0.05, 0.1) is 11.8 Å². The van der Waals surface area contributed by atoms with E-state index in [0.717, 1.165) is 11.3 Å². The molecule has 0 aliphatic rings. The molecule has 1 atom stereocenters. The van der Waals surface area contributed by atoms with Crippen molar-refractivity contribution in [2.45, 2.75) is 20.0 Å². The lowest BCUT2D eigenvalue weighted by molar-refractivity contribution is 0.192. The molecule has 3 heteroatoms. The second kappa shape index (κ2) is 2.42. The number of hydrogen-bond donors (Lipinski definition) is 1. The minimum absolute atomic E-state index is 0.457. The average molecular weight is 140 g/mol. The van der Waals surface area contributed by atoms with Crippen molar-refractivity contribution in [2.75, 3.05) is 0 Å². The fourth-order valence-electron chi connectivity index (χ4n) is 1.04. The summed E-state index contributed by atoms with van der Waals surface area (Å²) in [6.07, 6.45) is 1.43. The van der Waals surface area contributed by atoms with Crippen LogP contribution in [0.4, 0.5) is 0 Å². The first-order valence-electron chi connectivity index (χ1n) is 3.29. The molecule has 0 aliphatic carbocycles. The Labute approximate surface area is 60.3 Å². The highest BCUT2D eigenvalue weighted by molar-refractivity contribution is 5.16. The fraction of sp³-hybridized carbons (Fsp3) is 0.571.